The van der Waals surface area contributed by atoms with Crippen molar-refractivity contribution in [3.8, 4) is 0 Å². The molecule has 0 heterocycles. The fraction of sp³-hybridized carbons (Fsp3) is 0.771. The molecule has 0 bridgehead atoms. The van der Waals surface area contributed by atoms with Gasteiger partial charge >= 0.3 is 17.9 Å². The van der Waals surface area contributed by atoms with Crippen LogP contribution in [0.25, 0.3) is 0 Å². The van der Waals surface area contributed by atoms with E-state index in [1.165, 1.54) is 96.3 Å². The fourth-order valence-corrected chi connectivity index (χ4v) is 6.16. The lowest BCUT2D eigenvalue weighted by atomic mass is 10.0. The lowest BCUT2D eigenvalue weighted by Crippen LogP contribution is -2.30. The Morgan fingerprint density at radius 3 is 1.24 bits per heavy atom. The number of hydrogen-bond donors (Lipinski definition) is 0. The van der Waals surface area contributed by atoms with Crippen LogP contribution in [0.3, 0.4) is 0 Å². The summed E-state index contributed by atoms with van der Waals surface area (Å²) in [4.78, 5) is 37.7. The van der Waals surface area contributed by atoms with Gasteiger partial charge in [0.2, 0.25) is 0 Å². The van der Waals surface area contributed by atoms with Gasteiger partial charge in [-0.05, 0) is 70.6 Å². The second-order valence-corrected chi connectivity index (χ2v) is 14.9. The minimum atomic E-state index is -0.793. The monoisotopic (exact) mass is 757 g/mol. The molecule has 1 unspecified atom stereocenters. The number of allylic oxidation sites excluding steroid dienone is 8. The number of carbonyl (C=O) groups excluding carboxylic acids is 3. The zero-order valence-corrected chi connectivity index (χ0v) is 35.5. The third-order valence-electron chi connectivity index (χ3n) is 9.57. The molecule has 0 aromatic carbocycles. The summed E-state index contributed by atoms with van der Waals surface area (Å²) < 4.78 is 16.6. The number of hydrogen-bond acceptors (Lipinski definition) is 6. The van der Waals surface area contributed by atoms with Gasteiger partial charge in [0.25, 0.3) is 0 Å². The van der Waals surface area contributed by atoms with E-state index in [2.05, 4.69) is 69.4 Å². The summed E-state index contributed by atoms with van der Waals surface area (Å²) in [5.74, 6) is -0.967. The Bertz CT molecular complexity index is 964. The normalized spacial score (nSPS) is 12.4. The van der Waals surface area contributed by atoms with E-state index in [-0.39, 0.29) is 37.5 Å². The first-order chi connectivity index (χ1) is 26.5. The molecule has 0 aliphatic heterocycles. The third kappa shape index (κ3) is 40.6. The summed E-state index contributed by atoms with van der Waals surface area (Å²) >= 11 is 0. The highest BCUT2D eigenvalue weighted by atomic mass is 16.6. The van der Waals surface area contributed by atoms with Gasteiger partial charge in [0, 0.05) is 19.3 Å². The summed E-state index contributed by atoms with van der Waals surface area (Å²) in [6, 6.07) is 0. The van der Waals surface area contributed by atoms with E-state index in [9.17, 15) is 14.4 Å². The molecule has 0 saturated heterocycles. The molecule has 0 aliphatic rings. The van der Waals surface area contributed by atoms with E-state index in [1.807, 2.05) is 0 Å². The van der Waals surface area contributed by atoms with Crippen molar-refractivity contribution in [1.82, 2.24) is 0 Å². The topological polar surface area (TPSA) is 78.9 Å². The minimum absolute atomic E-state index is 0.0953. The summed E-state index contributed by atoms with van der Waals surface area (Å²) in [6.07, 6.45) is 49.6. The van der Waals surface area contributed by atoms with Crippen LogP contribution in [0, 0.1) is 0 Å². The Balaban J connectivity index is 4.45. The lowest BCUT2D eigenvalue weighted by molar-refractivity contribution is -0.167. The Hall–Kier alpha value is -2.63. The van der Waals surface area contributed by atoms with E-state index >= 15 is 0 Å². The molecule has 0 radical (unpaired) electrons. The molecule has 0 rings (SSSR count). The predicted molar refractivity (Wildman–Crippen MR) is 229 cm³/mol. The van der Waals surface area contributed by atoms with E-state index in [0.29, 0.717) is 19.3 Å². The van der Waals surface area contributed by atoms with Crippen molar-refractivity contribution in [3.63, 3.8) is 0 Å². The molecule has 0 aromatic heterocycles. The predicted octanol–water partition coefficient (Wildman–Crippen LogP) is 14.4. The van der Waals surface area contributed by atoms with E-state index in [4.69, 9.17) is 14.2 Å². The van der Waals surface area contributed by atoms with E-state index in [0.717, 1.165) is 77.0 Å². The highest BCUT2D eigenvalue weighted by Gasteiger charge is 2.19. The summed E-state index contributed by atoms with van der Waals surface area (Å²) in [6.45, 7) is 6.44. The van der Waals surface area contributed by atoms with Crippen LogP contribution in [-0.2, 0) is 28.6 Å². The molecule has 0 spiro atoms. The van der Waals surface area contributed by atoms with Gasteiger partial charge in [-0.25, -0.2) is 0 Å². The van der Waals surface area contributed by atoms with Crippen LogP contribution in [0.15, 0.2) is 48.6 Å². The molecule has 0 aliphatic carbocycles. The van der Waals surface area contributed by atoms with Crippen LogP contribution in [-0.4, -0.2) is 37.2 Å². The highest BCUT2D eigenvalue weighted by molar-refractivity contribution is 5.71. The molecule has 6 heteroatoms. The molecule has 0 N–H and O–H groups in total. The van der Waals surface area contributed by atoms with Crippen LogP contribution >= 0.6 is 0 Å². The first kappa shape index (κ1) is 51.4. The van der Waals surface area contributed by atoms with Gasteiger partial charge < -0.3 is 14.2 Å². The van der Waals surface area contributed by atoms with Crippen molar-refractivity contribution in [2.45, 2.75) is 226 Å². The van der Waals surface area contributed by atoms with Gasteiger partial charge in [-0.2, -0.15) is 0 Å². The second kappa shape index (κ2) is 43.1. The largest absolute Gasteiger partial charge is 0.462 e. The van der Waals surface area contributed by atoms with Gasteiger partial charge in [-0.1, -0.05) is 179 Å². The van der Waals surface area contributed by atoms with Gasteiger partial charge in [0.15, 0.2) is 6.10 Å². The lowest BCUT2D eigenvalue weighted by Gasteiger charge is -2.18. The Morgan fingerprint density at radius 2 is 0.741 bits per heavy atom. The van der Waals surface area contributed by atoms with Gasteiger partial charge in [0.05, 0.1) is 0 Å². The van der Waals surface area contributed by atoms with Crippen molar-refractivity contribution in [2.75, 3.05) is 13.2 Å². The first-order valence-corrected chi connectivity index (χ1v) is 22.6. The number of esters is 3. The zero-order valence-electron chi connectivity index (χ0n) is 35.5. The third-order valence-corrected chi connectivity index (χ3v) is 9.57. The molecule has 312 valence electrons. The Kier molecular flexibility index (Phi) is 41.0. The molecule has 0 amide bonds. The van der Waals surface area contributed by atoms with E-state index < -0.39 is 6.10 Å². The van der Waals surface area contributed by atoms with E-state index in [1.54, 1.807) is 0 Å². The number of unbranched alkanes of at least 4 members (excludes halogenated alkanes) is 21. The van der Waals surface area contributed by atoms with Gasteiger partial charge in [-0.15, -0.1) is 0 Å². The number of carbonyl (C=O) groups is 3. The number of rotatable bonds is 40. The molecule has 54 heavy (non-hydrogen) atoms. The first-order valence-electron chi connectivity index (χ1n) is 22.6. The summed E-state index contributed by atoms with van der Waals surface area (Å²) in [5, 5.41) is 0. The fourth-order valence-electron chi connectivity index (χ4n) is 6.16. The quantitative estimate of drug-likeness (QED) is 0.0268. The minimum Gasteiger partial charge on any atom is -0.462 e. The van der Waals surface area contributed by atoms with Crippen LogP contribution < -0.4 is 0 Å². The van der Waals surface area contributed by atoms with Crippen LogP contribution in [0.2, 0.25) is 0 Å². The SMILES string of the molecule is CC/C=C\C/C=C\C/C=C\CCCC(=O)OCC(COC(=O)CCCCC/C=C\CCCCCCCC)OC(=O)CCCCCCCCCCCCCC. The second-order valence-electron chi connectivity index (χ2n) is 14.9. The highest BCUT2D eigenvalue weighted by Crippen LogP contribution is 2.14. The van der Waals surface area contributed by atoms with Crippen molar-refractivity contribution in [1.29, 1.82) is 0 Å². The molecule has 6 nitrogen and oxygen atoms in total. The maximum Gasteiger partial charge on any atom is 0.306 e. The molecule has 0 aromatic rings. The maximum atomic E-state index is 12.7. The summed E-state index contributed by atoms with van der Waals surface area (Å²) in [5.41, 5.74) is 0. The standard InChI is InChI=1S/C48H84O6/c1-4-7-10-13-16-19-22-24-27-29-32-35-38-41-47(50)53-44-45(43-52-46(49)40-37-34-31-28-25-21-18-15-12-9-6-3)54-48(51)42-39-36-33-30-26-23-20-17-14-11-8-5-2/h9,12,18,21,24,27-28,31,45H,4-8,10-11,13-17,19-20,22-23,25-26,29-30,32-44H2,1-3H3/b12-9-,21-18-,27-24-,31-28-. The van der Waals surface area contributed by atoms with Gasteiger partial charge in [0.1, 0.15) is 13.2 Å². The average molecular weight is 757 g/mol. The molecule has 0 fully saturated rings. The molecular weight excluding hydrogens is 673 g/mol. The molecular formula is C48H84O6. The smallest absolute Gasteiger partial charge is 0.306 e. The van der Waals surface area contributed by atoms with Crippen molar-refractivity contribution in [3.05, 3.63) is 48.6 Å². The van der Waals surface area contributed by atoms with Crippen LogP contribution in [0.4, 0.5) is 0 Å². The maximum absolute atomic E-state index is 12.7. The molecule has 1 atom stereocenters. The Morgan fingerprint density at radius 1 is 0.389 bits per heavy atom. The van der Waals surface area contributed by atoms with Crippen molar-refractivity contribution < 1.29 is 28.6 Å². The zero-order chi connectivity index (χ0) is 39.4. The average Bonchev–Trinajstić information content (AvgIpc) is 3.17. The summed E-state index contributed by atoms with van der Waals surface area (Å²) in [7, 11) is 0. The Labute approximate surface area is 333 Å². The van der Waals surface area contributed by atoms with Gasteiger partial charge in [-0.3, -0.25) is 14.4 Å². The van der Waals surface area contributed by atoms with Crippen molar-refractivity contribution in [2.24, 2.45) is 0 Å². The van der Waals surface area contributed by atoms with Crippen LogP contribution in [0.5, 0.6) is 0 Å². The molecule has 0 saturated carbocycles. The number of ether oxygens (including phenoxy) is 3. The van der Waals surface area contributed by atoms with Crippen molar-refractivity contribution >= 4 is 17.9 Å². The van der Waals surface area contributed by atoms with Crippen LogP contribution in [0.1, 0.15) is 220 Å².